The first kappa shape index (κ1) is 19.7. The molecule has 1 fully saturated rings. The molecule has 1 aromatic heterocycles. The molecule has 0 bridgehead atoms. The van der Waals surface area contributed by atoms with Crippen LogP contribution in [0.15, 0.2) is 53.1 Å². The number of aliphatic carboxylic acids is 1. The van der Waals surface area contributed by atoms with Crippen LogP contribution in [0.4, 0.5) is 0 Å². The number of benzene rings is 1. The van der Waals surface area contributed by atoms with Gasteiger partial charge in [-0.15, -0.1) is 0 Å². The fraction of sp³-hybridized carbons (Fsp3) is 0.381. The molecular formula is C21H24N2O5. The van der Waals surface area contributed by atoms with Crippen molar-refractivity contribution in [3.63, 3.8) is 0 Å². The first-order chi connectivity index (χ1) is 13.4. The fourth-order valence-corrected chi connectivity index (χ4v) is 3.62. The second kappa shape index (κ2) is 8.73. The van der Waals surface area contributed by atoms with Crippen LogP contribution in [-0.4, -0.2) is 46.9 Å². The average molecular weight is 384 g/mol. The zero-order valence-corrected chi connectivity index (χ0v) is 15.7. The van der Waals surface area contributed by atoms with E-state index in [4.69, 9.17) is 4.42 Å². The van der Waals surface area contributed by atoms with Gasteiger partial charge in [0.2, 0.25) is 5.91 Å². The van der Waals surface area contributed by atoms with Crippen LogP contribution in [0.5, 0.6) is 0 Å². The molecule has 148 valence electrons. The highest BCUT2D eigenvalue weighted by Crippen LogP contribution is 2.23. The van der Waals surface area contributed by atoms with E-state index in [1.54, 1.807) is 11.0 Å². The van der Waals surface area contributed by atoms with Crippen LogP contribution in [0.2, 0.25) is 0 Å². The van der Waals surface area contributed by atoms with E-state index >= 15 is 0 Å². The summed E-state index contributed by atoms with van der Waals surface area (Å²) in [6.45, 7) is 2.56. The SMILES string of the molecule is CC1CC(C(=O)O)CN(C(=O)C(Cc2ccccc2)NC(=O)c2ccco2)C1. The average Bonchev–Trinajstić information content (AvgIpc) is 3.22. The number of rotatable bonds is 6. The zero-order valence-electron chi connectivity index (χ0n) is 15.7. The van der Waals surface area contributed by atoms with Crippen LogP contribution in [0, 0.1) is 11.8 Å². The van der Waals surface area contributed by atoms with Crippen LogP contribution < -0.4 is 5.32 Å². The lowest BCUT2D eigenvalue weighted by Gasteiger charge is -2.36. The van der Waals surface area contributed by atoms with Crippen molar-refractivity contribution in [2.45, 2.75) is 25.8 Å². The van der Waals surface area contributed by atoms with Crippen LogP contribution >= 0.6 is 0 Å². The molecule has 7 heteroatoms. The Bertz CT molecular complexity index is 819. The van der Waals surface area contributed by atoms with Crippen molar-refractivity contribution in [2.75, 3.05) is 13.1 Å². The van der Waals surface area contributed by atoms with E-state index in [1.807, 2.05) is 37.3 Å². The van der Waals surface area contributed by atoms with Crippen LogP contribution in [0.3, 0.4) is 0 Å². The monoisotopic (exact) mass is 384 g/mol. The Morgan fingerprint density at radius 1 is 1.18 bits per heavy atom. The standard InChI is InChI=1S/C21H24N2O5/c1-14-10-16(21(26)27)13-23(12-14)20(25)17(11-15-6-3-2-4-7-15)22-19(24)18-8-5-9-28-18/h2-9,14,16-17H,10-13H2,1H3,(H,22,24)(H,26,27). The third kappa shape index (κ3) is 4.79. The summed E-state index contributed by atoms with van der Waals surface area (Å²) in [5.41, 5.74) is 0.903. The summed E-state index contributed by atoms with van der Waals surface area (Å²) < 4.78 is 5.12. The number of amides is 2. The van der Waals surface area contributed by atoms with Crippen molar-refractivity contribution >= 4 is 17.8 Å². The van der Waals surface area contributed by atoms with E-state index in [-0.39, 0.29) is 24.1 Å². The molecule has 2 N–H and O–H groups in total. The Morgan fingerprint density at radius 3 is 2.57 bits per heavy atom. The number of likely N-dealkylation sites (tertiary alicyclic amines) is 1. The van der Waals surface area contributed by atoms with Crippen molar-refractivity contribution in [1.29, 1.82) is 0 Å². The van der Waals surface area contributed by atoms with Crippen molar-refractivity contribution in [3.8, 4) is 0 Å². The maximum Gasteiger partial charge on any atom is 0.308 e. The lowest BCUT2D eigenvalue weighted by Crippen LogP contribution is -2.54. The number of carbonyl (C=O) groups is 3. The second-order valence-corrected chi connectivity index (χ2v) is 7.31. The summed E-state index contributed by atoms with van der Waals surface area (Å²) in [5.74, 6) is -2.03. The summed E-state index contributed by atoms with van der Waals surface area (Å²) in [4.78, 5) is 38.7. The summed E-state index contributed by atoms with van der Waals surface area (Å²) in [7, 11) is 0. The highest BCUT2D eigenvalue weighted by Gasteiger charge is 2.35. The number of carbonyl (C=O) groups excluding carboxylic acids is 2. The molecule has 0 saturated carbocycles. The molecule has 7 nitrogen and oxygen atoms in total. The van der Waals surface area contributed by atoms with Crippen molar-refractivity contribution in [3.05, 3.63) is 60.1 Å². The molecule has 2 amide bonds. The molecule has 3 rings (SSSR count). The van der Waals surface area contributed by atoms with Gasteiger partial charge in [0.25, 0.3) is 5.91 Å². The van der Waals surface area contributed by atoms with E-state index in [9.17, 15) is 19.5 Å². The minimum absolute atomic E-state index is 0.0805. The Hall–Kier alpha value is -3.09. The maximum absolute atomic E-state index is 13.2. The molecule has 1 aromatic carbocycles. The van der Waals surface area contributed by atoms with Crippen LogP contribution in [0.25, 0.3) is 0 Å². The molecule has 2 aromatic rings. The highest BCUT2D eigenvalue weighted by molar-refractivity contribution is 5.95. The molecule has 0 radical (unpaired) electrons. The molecule has 3 unspecified atom stereocenters. The van der Waals surface area contributed by atoms with Gasteiger partial charge >= 0.3 is 5.97 Å². The number of hydrogen-bond acceptors (Lipinski definition) is 4. The molecular weight excluding hydrogens is 360 g/mol. The summed E-state index contributed by atoms with van der Waals surface area (Å²) in [5, 5.41) is 12.1. The zero-order chi connectivity index (χ0) is 20.1. The Kier molecular flexibility index (Phi) is 6.13. The maximum atomic E-state index is 13.2. The number of carboxylic acid groups (broad SMARTS) is 1. The van der Waals surface area contributed by atoms with Gasteiger partial charge in [-0.3, -0.25) is 14.4 Å². The van der Waals surface area contributed by atoms with Gasteiger partial charge in [0.1, 0.15) is 6.04 Å². The smallest absolute Gasteiger partial charge is 0.308 e. The van der Waals surface area contributed by atoms with Gasteiger partial charge in [-0.25, -0.2) is 0 Å². The molecule has 0 aliphatic carbocycles. The van der Waals surface area contributed by atoms with Gasteiger partial charge in [0, 0.05) is 19.5 Å². The Morgan fingerprint density at radius 2 is 1.93 bits per heavy atom. The van der Waals surface area contributed by atoms with Crippen LogP contribution in [0.1, 0.15) is 29.5 Å². The third-order valence-electron chi connectivity index (χ3n) is 4.95. The quantitative estimate of drug-likeness (QED) is 0.795. The second-order valence-electron chi connectivity index (χ2n) is 7.31. The summed E-state index contributed by atoms with van der Waals surface area (Å²) in [6.07, 6.45) is 2.25. The molecule has 28 heavy (non-hydrogen) atoms. The largest absolute Gasteiger partial charge is 0.481 e. The van der Waals surface area contributed by atoms with Crippen molar-refractivity contribution in [2.24, 2.45) is 11.8 Å². The number of carboxylic acids is 1. The Labute approximate surface area is 163 Å². The molecule has 0 spiro atoms. The number of nitrogens with zero attached hydrogens (tertiary/aromatic N) is 1. The third-order valence-corrected chi connectivity index (χ3v) is 4.95. The van der Waals surface area contributed by atoms with Gasteiger partial charge in [-0.2, -0.15) is 0 Å². The molecule has 1 aliphatic rings. The number of piperidine rings is 1. The van der Waals surface area contributed by atoms with E-state index in [2.05, 4.69) is 5.32 Å². The number of furan rings is 1. The molecule has 2 heterocycles. The normalized spacial score (nSPS) is 20.4. The van der Waals surface area contributed by atoms with Gasteiger partial charge in [-0.1, -0.05) is 37.3 Å². The molecule has 1 saturated heterocycles. The fourth-order valence-electron chi connectivity index (χ4n) is 3.62. The summed E-state index contributed by atoms with van der Waals surface area (Å²) >= 11 is 0. The minimum Gasteiger partial charge on any atom is -0.481 e. The predicted octanol–water partition coefficient (Wildman–Crippen LogP) is 2.19. The van der Waals surface area contributed by atoms with E-state index in [0.717, 1.165) is 5.56 Å². The number of nitrogens with one attached hydrogen (secondary N) is 1. The first-order valence-electron chi connectivity index (χ1n) is 9.34. The van der Waals surface area contributed by atoms with E-state index in [1.165, 1.54) is 12.3 Å². The lowest BCUT2D eigenvalue weighted by molar-refractivity contribution is -0.147. The van der Waals surface area contributed by atoms with Gasteiger partial charge < -0.3 is 19.7 Å². The number of hydrogen-bond donors (Lipinski definition) is 2. The van der Waals surface area contributed by atoms with Gasteiger partial charge in [0.15, 0.2) is 5.76 Å². The molecule has 1 aliphatic heterocycles. The van der Waals surface area contributed by atoms with E-state index < -0.39 is 23.8 Å². The first-order valence-corrected chi connectivity index (χ1v) is 9.34. The molecule has 3 atom stereocenters. The summed E-state index contributed by atoms with van der Waals surface area (Å²) in [6, 6.07) is 11.7. The van der Waals surface area contributed by atoms with Gasteiger partial charge in [0.05, 0.1) is 12.2 Å². The van der Waals surface area contributed by atoms with Crippen LogP contribution in [-0.2, 0) is 16.0 Å². The minimum atomic E-state index is -0.899. The highest BCUT2D eigenvalue weighted by atomic mass is 16.4. The van der Waals surface area contributed by atoms with Gasteiger partial charge in [-0.05, 0) is 30.0 Å². The van der Waals surface area contributed by atoms with E-state index in [0.29, 0.717) is 19.4 Å². The topological polar surface area (TPSA) is 99.9 Å². The Balaban J connectivity index is 1.79. The predicted molar refractivity (Wildman–Crippen MR) is 102 cm³/mol. The van der Waals surface area contributed by atoms with Crippen molar-refractivity contribution in [1.82, 2.24) is 10.2 Å². The van der Waals surface area contributed by atoms with Crippen molar-refractivity contribution < 1.29 is 23.9 Å². The lowest BCUT2D eigenvalue weighted by atomic mass is 9.90.